The molecule has 172 valence electrons. The number of morpholine rings is 1. The maximum atomic E-state index is 13.5. The van der Waals surface area contributed by atoms with Gasteiger partial charge in [0, 0.05) is 37.6 Å². The fourth-order valence-electron chi connectivity index (χ4n) is 4.60. The highest BCUT2D eigenvalue weighted by molar-refractivity contribution is 5.66. The van der Waals surface area contributed by atoms with Crippen LogP contribution in [0.2, 0.25) is 0 Å². The van der Waals surface area contributed by atoms with E-state index in [1.54, 1.807) is 18.3 Å². The van der Waals surface area contributed by atoms with Gasteiger partial charge in [-0.15, -0.1) is 0 Å². The summed E-state index contributed by atoms with van der Waals surface area (Å²) in [6.07, 6.45) is 6.77. The van der Waals surface area contributed by atoms with E-state index in [-0.39, 0.29) is 17.8 Å². The van der Waals surface area contributed by atoms with Crippen LogP contribution in [0, 0.1) is 5.82 Å². The van der Waals surface area contributed by atoms with Gasteiger partial charge in [0.15, 0.2) is 0 Å². The van der Waals surface area contributed by atoms with Crippen LogP contribution in [0.4, 0.5) is 16.3 Å². The Bertz CT molecular complexity index is 1090. The molecule has 8 nitrogen and oxygen atoms in total. The van der Waals surface area contributed by atoms with Gasteiger partial charge in [0.05, 0.1) is 30.6 Å². The van der Waals surface area contributed by atoms with E-state index in [1.807, 2.05) is 12.3 Å². The topological polar surface area (TPSA) is 93.3 Å². The summed E-state index contributed by atoms with van der Waals surface area (Å²) in [5, 5.41) is 0. The molecule has 1 atom stereocenters. The molecule has 3 aromatic rings. The van der Waals surface area contributed by atoms with Crippen molar-refractivity contribution in [1.29, 1.82) is 0 Å². The molecule has 0 spiro atoms. The van der Waals surface area contributed by atoms with Crippen molar-refractivity contribution < 1.29 is 9.13 Å². The second kappa shape index (κ2) is 9.76. The number of rotatable bonds is 5. The molecule has 1 unspecified atom stereocenters. The zero-order valence-electron chi connectivity index (χ0n) is 18.5. The largest absolute Gasteiger partial charge is 0.378 e. The number of anilines is 2. The zero-order valence-corrected chi connectivity index (χ0v) is 18.5. The predicted octanol–water partition coefficient (Wildman–Crippen LogP) is 3.22. The Morgan fingerprint density at radius 2 is 1.82 bits per heavy atom. The number of nitrogens with zero attached hydrogens (tertiary/aromatic N) is 6. The van der Waals surface area contributed by atoms with E-state index in [0.717, 1.165) is 67.4 Å². The van der Waals surface area contributed by atoms with Gasteiger partial charge in [-0.2, -0.15) is 0 Å². The minimum absolute atomic E-state index is 0.0749. The molecule has 0 radical (unpaired) electrons. The summed E-state index contributed by atoms with van der Waals surface area (Å²) in [5.74, 6) is 0.733. The first-order valence-corrected chi connectivity index (χ1v) is 11.4. The first kappa shape index (κ1) is 21.7. The standard InChI is InChI=1S/C24H28FN7O/c25-18-6-4-17(5-7-18)20-15-28-23(26)30-22(20)21-3-1-2-10-32(21)16-19-8-9-27-24(29-19)31-11-13-33-14-12-31/h4-9,15,21H,1-3,10-14,16H2,(H2,26,28,30). The van der Waals surface area contributed by atoms with Crippen LogP contribution < -0.4 is 10.6 Å². The average molecular weight is 450 g/mol. The highest BCUT2D eigenvalue weighted by atomic mass is 19.1. The molecule has 2 aromatic heterocycles. The van der Waals surface area contributed by atoms with Crippen molar-refractivity contribution >= 4 is 11.9 Å². The van der Waals surface area contributed by atoms with Gasteiger partial charge < -0.3 is 15.4 Å². The van der Waals surface area contributed by atoms with E-state index in [2.05, 4.69) is 24.8 Å². The molecule has 0 amide bonds. The first-order chi connectivity index (χ1) is 16.2. The van der Waals surface area contributed by atoms with Gasteiger partial charge in [0.25, 0.3) is 0 Å². The lowest BCUT2D eigenvalue weighted by atomic mass is 9.93. The van der Waals surface area contributed by atoms with Gasteiger partial charge in [0.2, 0.25) is 11.9 Å². The Balaban J connectivity index is 1.43. The number of nitrogen functional groups attached to an aromatic ring is 1. The third-order valence-corrected chi connectivity index (χ3v) is 6.28. The summed E-state index contributed by atoms with van der Waals surface area (Å²) >= 11 is 0. The fraction of sp³-hybridized carbons (Fsp3) is 0.417. The summed E-state index contributed by atoms with van der Waals surface area (Å²) in [4.78, 5) is 22.8. The lowest BCUT2D eigenvalue weighted by molar-refractivity contribution is 0.121. The van der Waals surface area contributed by atoms with E-state index in [4.69, 9.17) is 15.5 Å². The summed E-state index contributed by atoms with van der Waals surface area (Å²) in [7, 11) is 0. The maximum Gasteiger partial charge on any atom is 0.225 e. The maximum absolute atomic E-state index is 13.5. The summed E-state index contributed by atoms with van der Waals surface area (Å²) in [6.45, 7) is 4.63. The van der Waals surface area contributed by atoms with Crippen molar-refractivity contribution in [2.45, 2.75) is 31.8 Å². The van der Waals surface area contributed by atoms with E-state index < -0.39 is 0 Å². The SMILES string of the molecule is Nc1ncc(-c2ccc(F)cc2)c(C2CCCCN2Cc2ccnc(N3CCOCC3)n2)n1. The highest BCUT2D eigenvalue weighted by Crippen LogP contribution is 2.36. The number of piperidine rings is 1. The van der Waals surface area contributed by atoms with Gasteiger partial charge in [-0.25, -0.2) is 24.3 Å². The van der Waals surface area contributed by atoms with Crippen molar-refractivity contribution in [2.75, 3.05) is 43.5 Å². The van der Waals surface area contributed by atoms with Crippen LogP contribution in [0.5, 0.6) is 0 Å². The molecule has 2 aliphatic heterocycles. The molecule has 1 aromatic carbocycles. The van der Waals surface area contributed by atoms with E-state index in [1.165, 1.54) is 12.1 Å². The van der Waals surface area contributed by atoms with Crippen LogP contribution in [0.25, 0.3) is 11.1 Å². The first-order valence-electron chi connectivity index (χ1n) is 11.4. The Hall–Kier alpha value is -3.17. The summed E-state index contributed by atoms with van der Waals surface area (Å²) in [5.41, 5.74) is 9.63. The van der Waals surface area contributed by atoms with Gasteiger partial charge in [-0.05, 0) is 43.1 Å². The molecule has 5 rings (SSSR count). The van der Waals surface area contributed by atoms with Crippen molar-refractivity contribution in [3.05, 3.63) is 59.9 Å². The third-order valence-electron chi connectivity index (χ3n) is 6.28. The minimum atomic E-state index is -0.268. The number of likely N-dealkylation sites (tertiary alicyclic amines) is 1. The molecule has 2 N–H and O–H groups in total. The number of aromatic nitrogens is 4. The molecular weight excluding hydrogens is 421 g/mol. The zero-order chi connectivity index (χ0) is 22.6. The Morgan fingerprint density at radius 1 is 1.00 bits per heavy atom. The summed E-state index contributed by atoms with van der Waals surface area (Å²) in [6, 6.07) is 8.50. The Labute approximate surface area is 192 Å². The van der Waals surface area contributed by atoms with Crippen LogP contribution in [-0.2, 0) is 11.3 Å². The van der Waals surface area contributed by atoms with E-state index in [9.17, 15) is 4.39 Å². The van der Waals surface area contributed by atoms with E-state index in [0.29, 0.717) is 19.8 Å². The predicted molar refractivity (Wildman–Crippen MR) is 124 cm³/mol. The van der Waals surface area contributed by atoms with E-state index >= 15 is 0 Å². The number of benzene rings is 1. The monoisotopic (exact) mass is 449 g/mol. The number of ether oxygens (including phenoxy) is 1. The number of halogens is 1. The van der Waals surface area contributed by atoms with Crippen LogP contribution in [0.15, 0.2) is 42.7 Å². The molecule has 9 heteroatoms. The van der Waals surface area contributed by atoms with Crippen LogP contribution >= 0.6 is 0 Å². The van der Waals surface area contributed by atoms with Crippen molar-refractivity contribution in [3.8, 4) is 11.1 Å². The smallest absolute Gasteiger partial charge is 0.225 e. The summed E-state index contributed by atoms with van der Waals surface area (Å²) < 4.78 is 19.0. The average Bonchev–Trinajstić information content (AvgIpc) is 2.86. The molecule has 33 heavy (non-hydrogen) atoms. The Morgan fingerprint density at radius 3 is 2.64 bits per heavy atom. The number of nitrogens with two attached hydrogens (primary N) is 1. The van der Waals surface area contributed by atoms with Crippen LogP contribution in [0.3, 0.4) is 0 Å². The van der Waals surface area contributed by atoms with Crippen molar-refractivity contribution in [1.82, 2.24) is 24.8 Å². The van der Waals surface area contributed by atoms with Crippen LogP contribution in [-0.4, -0.2) is 57.7 Å². The number of hydrogen-bond acceptors (Lipinski definition) is 8. The van der Waals surface area contributed by atoms with Gasteiger partial charge in [-0.3, -0.25) is 4.90 Å². The van der Waals surface area contributed by atoms with Gasteiger partial charge >= 0.3 is 0 Å². The minimum Gasteiger partial charge on any atom is -0.378 e. The molecule has 4 heterocycles. The lowest BCUT2D eigenvalue weighted by Crippen LogP contribution is -2.38. The fourth-order valence-corrected chi connectivity index (χ4v) is 4.60. The second-order valence-corrected chi connectivity index (χ2v) is 8.46. The number of hydrogen-bond donors (Lipinski definition) is 1. The molecule has 2 aliphatic rings. The molecule has 2 fully saturated rings. The van der Waals surface area contributed by atoms with Crippen molar-refractivity contribution in [3.63, 3.8) is 0 Å². The quantitative estimate of drug-likeness (QED) is 0.635. The van der Waals surface area contributed by atoms with Crippen LogP contribution in [0.1, 0.15) is 36.7 Å². The lowest BCUT2D eigenvalue weighted by Gasteiger charge is -2.36. The van der Waals surface area contributed by atoms with Gasteiger partial charge in [0.1, 0.15) is 5.82 Å². The van der Waals surface area contributed by atoms with Crippen molar-refractivity contribution in [2.24, 2.45) is 0 Å². The van der Waals surface area contributed by atoms with Gasteiger partial charge in [-0.1, -0.05) is 18.6 Å². The normalized spacial score (nSPS) is 19.5. The molecule has 0 bridgehead atoms. The molecule has 2 saturated heterocycles. The third kappa shape index (κ3) is 4.94. The molecule has 0 saturated carbocycles. The second-order valence-electron chi connectivity index (χ2n) is 8.46. The molecule has 0 aliphatic carbocycles. The Kier molecular flexibility index (Phi) is 6.41. The molecular formula is C24H28FN7O. The highest BCUT2D eigenvalue weighted by Gasteiger charge is 2.29.